The summed E-state index contributed by atoms with van der Waals surface area (Å²) in [5.41, 5.74) is 2.08. The summed E-state index contributed by atoms with van der Waals surface area (Å²) in [6, 6.07) is 6.08. The summed E-state index contributed by atoms with van der Waals surface area (Å²) in [7, 11) is -1.67. The van der Waals surface area contributed by atoms with Crippen LogP contribution in [0.5, 0.6) is 0 Å². The maximum Gasteiger partial charge on any atom is 0.192 e. The number of alkyl halides is 1. The fraction of sp³-hybridized carbons (Fsp3) is 0.615. The fourth-order valence-electron chi connectivity index (χ4n) is 1.15. The molecule has 0 radical (unpaired) electrons. The first-order valence-corrected chi connectivity index (χ1v) is 9.94. The van der Waals surface area contributed by atoms with Crippen molar-refractivity contribution in [2.24, 2.45) is 0 Å². The Morgan fingerprint density at radius 1 is 1.24 bits per heavy atom. The Morgan fingerprint density at radius 2 is 1.82 bits per heavy atom. The second kappa shape index (κ2) is 5.63. The van der Waals surface area contributed by atoms with Crippen LogP contribution in [0.25, 0.3) is 0 Å². The van der Waals surface area contributed by atoms with E-state index < -0.39 is 8.32 Å². The standard InChI is InChI=1S/C13H22BrNOSi/c1-13(2,3)17(4,5)16-10-12-8-6-7-11(9-14)15-12/h6-8H,9-10H2,1-5H3. The summed E-state index contributed by atoms with van der Waals surface area (Å²) < 4.78 is 6.14. The van der Waals surface area contributed by atoms with Crippen molar-refractivity contribution in [2.75, 3.05) is 0 Å². The zero-order chi connectivity index (χ0) is 13.1. The van der Waals surface area contributed by atoms with E-state index in [-0.39, 0.29) is 5.04 Å². The summed E-state index contributed by atoms with van der Waals surface area (Å²) in [6.07, 6.45) is 0. The molecule has 0 bridgehead atoms. The number of hydrogen-bond acceptors (Lipinski definition) is 2. The van der Waals surface area contributed by atoms with Crippen molar-refractivity contribution >= 4 is 24.2 Å². The molecule has 0 atom stereocenters. The zero-order valence-corrected chi connectivity index (χ0v) is 14.0. The molecule has 0 aliphatic heterocycles. The number of nitrogens with zero attached hydrogens (tertiary/aromatic N) is 1. The number of halogens is 1. The summed E-state index contributed by atoms with van der Waals surface area (Å²) in [5, 5.41) is 1.04. The maximum absolute atomic E-state index is 6.14. The van der Waals surface area contributed by atoms with Gasteiger partial charge in [-0.1, -0.05) is 42.8 Å². The average Bonchev–Trinajstić information content (AvgIpc) is 2.25. The lowest BCUT2D eigenvalue weighted by molar-refractivity contribution is 0.272. The van der Waals surface area contributed by atoms with Gasteiger partial charge >= 0.3 is 0 Å². The van der Waals surface area contributed by atoms with Gasteiger partial charge in [0.2, 0.25) is 0 Å². The molecule has 0 aliphatic carbocycles. The predicted molar refractivity (Wildman–Crippen MR) is 78.9 cm³/mol. The van der Waals surface area contributed by atoms with Crippen LogP contribution in [-0.2, 0) is 16.4 Å². The Kier molecular flexibility index (Phi) is 4.92. The van der Waals surface area contributed by atoms with Gasteiger partial charge in [-0.25, -0.2) is 0 Å². The van der Waals surface area contributed by atoms with Gasteiger partial charge < -0.3 is 4.43 Å². The fourth-order valence-corrected chi connectivity index (χ4v) is 2.41. The lowest BCUT2D eigenvalue weighted by Gasteiger charge is -2.36. The van der Waals surface area contributed by atoms with Crippen molar-refractivity contribution in [1.29, 1.82) is 0 Å². The first-order chi connectivity index (χ1) is 7.76. The van der Waals surface area contributed by atoms with Crippen LogP contribution in [0.3, 0.4) is 0 Å². The van der Waals surface area contributed by atoms with Crippen LogP contribution in [0, 0.1) is 0 Å². The smallest absolute Gasteiger partial charge is 0.192 e. The van der Waals surface area contributed by atoms with Crippen molar-refractivity contribution in [2.45, 2.75) is 50.8 Å². The average molecular weight is 316 g/mol. The van der Waals surface area contributed by atoms with Gasteiger partial charge in [0, 0.05) is 5.33 Å². The zero-order valence-electron chi connectivity index (χ0n) is 11.4. The molecule has 0 aromatic carbocycles. The second-order valence-corrected chi connectivity index (χ2v) is 11.2. The molecular weight excluding hydrogens is 294 g/mol. The Morgan fingerprint density at radius 3 is 2.35 bits per heavy atom. The van der Waals surface area contributed by atoms with E-state index in [1.165, 1.54) is 0 Å². The second-order valence-electron chi connectivity index (χ2n) is 5.80. The molecule has 17 heavy (non-hydrogen) atoms. The number of hydrogen-bond donors (Lipinski definition) is 0. The molecule has 0 N–H and O–H groups in total. The van der Waals surface area contributed by atoms with E-state index >= 15 is 0 Å². The molecule has 96 valence electrons. The highest BCUT2D eigenvalue weighted by atomic mass is 79.9. The van der Waals surface area contributed by atoms with E-state index in [0.29, 0.717) is 6.61 Å². The summed E-state index contributed by atoms with van der Waals surface area (Å²) in [5.74, 6) is 0. The topological polar surface area (TPSA) is 22.1 Å². The van der Waals surface area contributed by atoms with Crippen molar-refractivity contribution in [1.82, 2.24) is 4.98 Å². The summed E-state index contributed by atoms with van der Waals surface area (Å²) >= 11 is 3.42. The Balaban J connectivity index is 2.67. The number of pyridine rings is 1. The molecule has 0 spiro atoms. The van der Waals surface area contributed by atoms with Crippen molar-refractivity contribution < 1.29 is 4.43 Å². The van der Waals surface area contributed by atoms with Crippen LogP contribution >= 0.6 is 15.9 Å². The van der Waals surface area contributed by atoms with Gasteiger partial charge in [-0.2, -0.15) is 0 Å². The van der Waals surface area contributed by atoms with Crippen molar-refractivity contribution in [3.8, 4) is 0 Å². The third-order valence-corrected chi connectivity index (χ3v) is 8.44. The van der Waals surface area contributed by atoms with E-state index in [1.807, 2.05) is 18.2 Å². The summed E-state index contributed by atoms with van der Waals surface area (Å²) in [4.78, 5) is 4.53. The molecule has 1 heterocycles. The molecule has 0 amide bonds. The highest BCUT2D eigenvalue weighted by Gasteiger charge is 2.37. The number of aromatic nitrogens is 1. The monoisotopic (exact) mass is 315 g/mol. The Bertz CT molecular complexity index is 374. The van der Waals surface area contributed by atoms with Crippen LogP contribution < -0.4 is 0 Å². The summed E-state index contributed by atoms with van der Waals surface area (Å²) in [6.45, 7) is 11.9. The third-order valence-electron chi connectivity index (χ3n) is 3.39. The van der Waals surface area contributed by atoms with E-state index in [9.17, 15) is 0 Å². The normalized spacial score (nSPS) is 12.8. The van der Waals surface area contributed by atoms with Crippen LogP contribution in [0.1, 0.15) is 32.2 Å². The Labute approximate surface area is 114 Å². The lowest BCUT2D eigenvalue weighted by Crippen LogP contribution is -2.40. The molecule has 0 saturated carbocycles. The SMILES string of the molecule is CC(C)(C)[Si](C)(C)OCc1cccc(CBr)n1. The van der Waals surface area contributed by atoms with Gasteiger partial charge in [-0.3, -0.25) is 4.98 Å². The lowest BCUT2D eigenvalue weighted by atomic mass is 10.2. The highest BCUT2D eigenvalue weighted by molar-refractivity contribution is 9.08. The van der Waals surface area contributed by atoms with E-state index in [1.54, 1.807) is 0 Å². The first-order valence-electron chi connectivity index (χ1n) is 5.91. The predicted octanol–water partition coefficient (Wildman–Crippen LogP) is 4.50. The van der Waals surface area contributed by atoms with Gasteiger partial charge in [-0.15, -0.1) is 0 Å². The van der Waals surface area contributed by atoms with Crippen LogP contribution in [0.2, 0.25) is 18.1 Å². The van der Waals surface area contributed by atoms with Crippen LogP contribution in [0.15, 0.2) is 18.2 Å². The molecule has 0 unspecified atom stereocenters. The van der Waals surface area contributed by atoms with Crippen molar-refractivity contribution in [3.63, 3.8) is 0 Å². The van der Waals surface area contributed by atoms with Crippen LogP contribution in [0.4, 0.5) is 0 Å². The molecule has 1 rings (SSSR count). The minimum absolute atomic E-state index is 0.250. The van der Waals surface area contributed by atoms with Gasteiger partial charge in [0.15, 0.2) is 8.32 Å². The van der Waals surface area contributed by atoms with Gasteiger partial charge in [0.1, 0.15) is 0 Å². The quantitative estimate of drug-likeness (QED) is 0.603. The molecule has 1 aromatic heterocycles. The van der Waals surface area contributed by atoms with E-state index in [2.05, 4.69) is 54.8 Å². The molecule has 0 aliphatic rings. The molecule has 2 nitrogen and oxygen atoms in total. The minimum atomic E-state index is -1.67. The van der Waals surface area contributed by atoms with Gasteiger partial charge in [0.05, 0.1) is 18.0 Å². The minimum Gasteiger partial charge on any atom is -0.411 e. The molecule has 4 heteroatoms. The highest BCUT2D eigenvalue weighted by Crippen LogP contribution is 2.36. The van der Waals surface area contributed by atoms with Gasteiger partial charge in [-0.05, 0) is 30.3 Å². The Hall–Kier alpha value is -0.193. The molecule has 0 fully saturated rings. The van der Waals surface area contributed by atoms with Crippen LogP contribution in [-0.4, -0.2) is 13.3 Å². The molecule has 1 aromatic rings. The largest absolute Gasteiger partial charge is 0.411 e. The number of rotatable bonds is 4. The van der Waals surface area contributed by atoms with Gasteiger partial charge in [0.25, 0.3) is 0 Å². The van der Waals surface area contributed by atoms with E-state index in [4.69, 9.17) is 4.43 Å². The van der Waals surface area contributed by atoms with Crippen molar-refractivity contribution in [3.05, 3.63) is 29.6 Å². The maximum atomic E-state index is 6.14. The third kappa shape index (κ3) is 4.19. The first kappa shape index (κ1) is 14.9. The molecule has 0 saturated heterocycles. The molecular formula is C13H22BrNOSi. The van der Waals surface area contributed by atoms with E-state index in [0.717, 1.165) is 16.7 Å².